The van der Waals surface area contributed by atoms with Crippen LogP contribution in [0.5, 0.6) is 0 Å². The lowest BCUT2D eigenvalue weighted by molar-refractivity contribution is -0.116. The van der Waals surface area contributed by atoms with E-state index >= 15 is 0 Å². The molecule has 1 rings (SSSR count). The van der Waals surface area contributed by atoms with Gasteiger partial charge in [0.05, 0.1) is 0 Å². The zero-order valence-corrected chi connectivity index (χ0v) is 13.0. The van der Waals surface area contributed by atoms with E-state index in [4.69, 9.17) is 5.73 Å². The normalized spacial score (nSPS) is 11.4. The van der Waals surface area contributed by atoms with Crippen LogP contribution in [0, 0.1) is 13.8 Å². The number of hydrogen-bond donors (Lipinski definition) is 2. The topological polar surface area (TPSA) is 55.1 Å². The minimum Gasteiger partial charge on any atom is -0.326 e. The Balaban J connectivity index is 2.71. The van der Waals surface area contributed by atoms with Gasteiger partial charge in [-0.1, -0.05) is 15.9 Å². The zero-order valence-electron chi connectivity index (χ0n) is 11.4. The molecular formula is C14H21BrN2O. The summed E-state index contributed by atoms with van der Waals surface area (Å²) in [5, 5.41) is 2.96. The molecular weight excluding hydrogens is 292 g/mol. The third-order valence-corrected chi connectivity index (χ3v) is 3.22. The SMILES string of the molecule is Cc1cc(Br)cc(C)c1NC(=O)CCC(C)(C)N. The fourth-order valence-electron chi connectivity index (χ4n) is 1.75. The highest BCUT2D eigenvalue weighted by Crippen LogP contribution is 2.25. The van der Waals surface area contributed by atoms with Crippen LogP contribution in [0.4, 0.5) is 5.69 Å². The second-order valence-corrected chi connectivity index (χ2v) is 6.37. The largest absolute Gasteiger partial charge is 0.326 e. The molecule has 0 aromatic heterocycles. The number of aryl methyl sites for hydroxylation is 2. The Morgan fingerprint density at radius 2 is 1.83 bits per heavy atom. The molecule has 0 aliphatic carbocycles. The summed E-state index contributed by atoms with van der Waals surface area (Å²) in [5.74, 6) is 0.0158. The molecule has 1 aromatic rings. The maximum Gasteiger partial charge on any atom is 0.224 e. The molecule has 0 atom stereocenters. The highest BCUT2D eigenvalue weighted by molar-refractivity contribution is 9.10. The summed E-state index contributed by atoms with van der Waals surface area (Å²) >= 11 is 3.44. The van der Waals surface area contributed by atoms with E-state index in [1.807, 2.05) is 39.8 Å². The van der Waals surface area contributed by atoms with E-state index in [-0.39, 0.29) is 11.4 Å². The number of anilines is 1. The van der Waals surface area contributed by atoms with Gasteiger partial charge in [-0.3, -0.25) is 4.79 Å². The Bertz CT molecular complexity index is 427. The van der Waals surface area contributed by atoms with E-state index < -0.39 is 0 Å². The van der Waals surface area contributed by atoms with E-state index in [1.54, 1.807) is 0 Å². The van der Waals surface area contributed by atoms with Crippen LogP contribution >= 0.6 is 15.9 Å². The molecule has 3 nitrogen and oxygen atoms in total. The van der Waals surface area contributed by atoms with E-state index in [0.717, 1.165) is 21.3 Å². The van der Waals surface area contributed by atoms with Crippen molar-refractivity contribution in [1.82, 2.24) is 0 Å². The minimum atomic E-state index is -0.304. The Morgan fingerprint density at radius 3 is 2.28 bits per heavy atom. The first-order valence-electron chi connectivity index (χ1n) is 6.04. The molecule has 0 bridgehead atoms. The number of carbonyl (C=O) groups excluding carboxylic acids is 1. The third-order valence-electron chi connectivity index (χ3n) is 2.76. The molecule has 0 aliphatic rings. The van der Waals surface area contributed by atoms with Gasteiger partial charge >= 0.3 is 0 Å². The van der Waals surface area contributed by atoms with Crippen LogP contribution in [-0.4, -0.2) is 11.4 Å². The third kappa shape index (κ3) is 4.78. The van der Waals surface area contributed by atoms with Gasteiger partial charge in [0, 0.05) is 22.1 Å². The summed E-state index contributed by atoms with van der Waals surface area (Å²) in [6, 6.07) is 3.99. The molecule has 0 saturated carbocycles. The monoisotopic (exact) mass is 312 g/mol. The zero-order chi connectivity index (χ0) is 13.9. The molecule has 0 fully saturated rings. The predicted molar refractivity (Wildman–Crippen MR) is 79.7 cm³/mol. The van der Waals surface area contributed by atoms with Crippen LogP contribution in [0.15, 0.2) is 16.6 Å². The lowest BCUT2D eigenvalue weighted by atomic mass is 10.00. The number of carbonyl (C=O) groups is 1. The number of nitrogens with one attached hydrogen (secondary N) is 1. The second kappa shape index (κ2) is 5.85. The Hall–Kier alpha value is -0.870. The van der Waals surface area contributed by atoms with Crippen molar-refractivity contribution in [2.24, 2.45) is 5.73 Å². The quantitative estimate of drug-likeness (QED) is 0.893. The standard InChI is InChI=1S/C14H21BrN2O/c1-9-7-11(15)8-10(2)13(9)17-12(18)5-6-14(3,4)16/h7-8H,5-6,16H2,1-4H3,(H,17,18). The van der Waals surface area contributed by atoms with Crippen LogP contribution in [0.1, 0.15) is 37.8 Å². The summed E-state index contributed by atoms with van der Waals surface area (Å²) in [6.07, 6.45) is 1.12. The van der Waals surface area contributed by atoms with Crippen LogP contribution in [0.25, 0.3) is 0 Å². The molecule has 4 heteroatoms. The Kier molecular flexibility index (Phi) is 4.93. The average molecular weight is 313 g/mol. The van der Waals surface area contributed by atoms with Gasteiger partial charge in [0.1, 0.15) is 0 Å². The molecule has 0 radical (unpaired) electrons. The molecule has 3 N–H and O–H groups in total. The molecule has 0 saturated heterocycles. The molecule has 0 spiro atoms. The molecule has 18 heavy (non-hydrogen) atoms. The molecule has 0 heterocycles. The van der Waals surface area contributed by atoms with Crippen LogP contribution in [0.2, 0.25) is 0 Å². The smallest absolute Gasteiger partial charge is 0.224 e. The van der Waals surface area contributed by atoms with Gasteiger partial charge < -0.3 is 11.1 Å². The molecule has 0 aliphatic heterocycles. The lowest BCUT2D eigenvalue weighted by Gasteiger charge is -2.18. The summed E-state index contributed by atoms with van der Waals surface area (Å²) in [4.78, 5) is 11.9. The number of halogens is 1. The van der Waals surface area contributed by atoms with Gasteiger partial charge in [0.15, 0.2) is 0 Å². The number of rotatable bonds is 4. The first-order chi connectivity index (χ1) is 8.19. The van der Waals surface area contributed by atoms with Crippen LogP contribution in [0.3, 0.4) is 0 Å². The van der Waals surface area contributed by atoms with Crippen molar-refractivity contribution in [2.75, 3.05) is 5.32 Å². The number of benzene rings is 1. The molecule has 1 aromatic carbocycles. The van der Waals surface area contributed by atoms with Crippen LogP contribution in [-0.2, 0) is 4.79 Å². The Labute approximate surface area is 117 Å². The highest BCUT2D eigenvalue weighted by Gasteiger charge is 2.14. The van der Waals surface area contributed by atoms with E-state index in [9.17, 15) is 4.79 Å². The van der Waals surface area contributed by atoms with Crippen molar-refractivity contribution in [3.63, 3.8) is 0 Å². The van der Waals surface area contributed by atoms with Gasteiger partial charge in [-0.25, -0.2) is 0 Å². The summed E-state index contributed by atoms with van der Waals surface area (Å²) in [6.45, 7) is 7.83. The molecule has 0 unspecified atom stereocenters. The average Bonchev–Trinajstić information content (AvgIpc) is 2.19. The van der Waals surface area contributed by atoms with Crippen molar-refractivity contribution in [3.05, 3.63) is 27.7 Å². The van der Waals surface area contributed by atoms with E-state index in [1.165, 1.54) is 0 Å². The number of nitrogens with two attached hydrogens (primary N) is 1. The van der Waals surface area contributed by atoms with E-state index in [0.29, 0.717) is 12.8 Å². The van der Waals surface area contributed by atoms with Gasteiger partial charge in [0.2, 0.25) is 5.91 Å². The fraction of sp³-hybridized carbons (Fsp3) is 0.500. The summed E-state index contributed by atoms with van der Waals surface area (Å²) in [7, 11) is 0. The Morgan fingerprint density at radius 1 is 1.33 bits per heavy atom. The maximum atomic E-state index is 11.9. The molecule has 100 valence electrons. The van der Waals surface area contributed by atoms with Gasteiger partial charge in [-0.2, -0.15) is 0 Å². The highest BCUT2D eigenvalue weighted by atomic mass is 79.9. The number of amides is 1. The molecule has 1 amide bonds. The van der Waals surface area contributed by atoms with Gasteiger partial charge in [-0.05, 0) is 57.4 Å². The predicted octanol–water partition coefficient (Wildman–Crippen LogP) is 3.52. The van der Waals surface area contributed by atoms with Gasteiger partial charge in [0.25, 0.3) is 0 Å². The maximum absolute atomic E-state index is 11.9. The van der Waals surface area contributed by atoms with E-state index in [2.05, 4.69) is 21.2 Å². The fourth-order valence-corrected chi connectivity index (χ4v) is 2.43. The van der Waals surface area contributed by atoms with Gasteiger partial charge in [-0.15, -0.1) is 0 Å². The second-order valence-electron chi connectivity index (χ2n) is 5.45. The first kappa shape index (κ1) is 15.2. The van der Waals surface area contributed by atoms with Crippen molar-refractivity contribution >= 4 is 27.5 Å². The summed E-state index contributed by atoms with van der Waals surface area (Å²) in [5.41, 5.74) is 8.58. The first-order valence-corrected chi connectivity index (χ1v) is 6.84. The van der Waals surface area contributed by atoms with Crippen molar-refractivity contribution in [3.8, 4) is 0 Å². The summed E-state index contributed by atoms with van der Waals surface area (Å²) < 4.78 is 1.03. The number of hydrogen-bond acceptors (Lipinski definition) is 2. The van der Waals surface area contributed by atoms with Crippen LogP contribution < -0.4 is 11.1 Å². The van der Waals surface area contributed by atoms with Crippen molar-refractivity contribution in [1.29, 1.82) is 0 Å². The lowest BCUT2D eigenvalue weighted by Crippen LogP contribution is -2.33. The van der Waals surface area contributed by atoms with Crippen molar-refractivity contribution < 1.29 is 4.79 Å². The minimum absolute atomic E-state index is 0.0158. The van der Waals surface area contributed by atoms with Crippen molar-refractivity contribution in [2.45, 2.75) is 46.1 Å².